The van der Waals surface area contributed by atoms with Gasteiger partial charge in [-0.25, -0.2) is 0 Å². The molecule has 1 aromatic rings. The third kappa shape index (κ3) is 5.16. The molecule has 1 aromatic carbocycles. The van der Waals surface area contributed by atoms with E-state index in [1.54, 1.807) is 0 Å². The molecule has 3 N–H and O–H groups in total. The highest BCUT2D eigenvalue weighted by atomic mass is 16.5. The summed E-state index contributed by atoms with van der Waals surface area (Å²) >= 11 is 0. The van der Waals surface area contributed by atoms with Gasteiger partial charge in [-0.05, 0) is 30.5 Å². The minimum Gasteiger partial charge on any atom is -0.491 e. The normalized spacial score (nSPS) is 16.8. The van der Waals surface area contributed by atoms with Crippen molar-refractivity contribution in [1.29, 1.82) is 0 Å². The molecule has 0 bridgehead atoms. The van der Waals surface area contributed by atoms with Crippen molar-refractivity contribution >= 4 is 5.69 Å². The first-order chi connectivity index (χ1) is 10.7. The molecule has 0 unspecified atom stereocenters. The van der Waals surface area contributed by atoms with Gasteiger partial charge in [-0.1, -0.05) is 13.0 Å². The van der Waals surface area contributed by atoms with Crippen molar-refractivity contribution in [2.45, 2.75) is 19.8 Å². The number of nitrogens with zero attached hydrogens (tertiary/aromatic N) is 2. The Kier molecular flexibility index (Phi) is 6.96. The summed E-state index contributed by atoms with van der Waals surface area (Å²) in [5.74, 6) is 0.795. The SMILES string of the molecule is CCCOc1ccc(CCN2CCN(CCO)CC2)cc1N. The minimum absolute atomic E-state index is 0.256. The summed E-state index contributed by atoms with van der Waals surface area (Å²) in [6, 6.07) is 6.13. The molecule has 0 radical (unpaired) electrons. The topological polar surface area (TPSA) is 62.0 Å². The number of nitrogen functional groups attached to an aromatic ring is 1. The monoisotopic (exact) mass is 307 g/mol. The molecule has 0 saturated carbocycles. The van der Waals surface area contributed by atoms with Crippen molar-refractivity contribution in [1.82, 2.24) is 9.80 Å². The van der Waals surface area contributed by atoms with Crippen molar-refractivity contribution in [2.24, 2.45) is 0 Å². The summed E-state index contributed by atoms with van der Waals surface area (Å²) in [6.07, 6.45) is 2.00. The Morgan fingerprint density at radius 3 is 2.41 bits per heavy atom. The van der Waals surface area contributed by atoms with E-state index < -0.39 is 0 Å². The summed E-state index contributed by atoms with van der Waals surface area (Å²) in [5.41, 5.74) is 8.05. The van der Waals surface area contributed by atoms with Crippen molar-refractivity contribution in [3.05, 3.63) is 23.8 Å². The van der Waals surface area contributed by atoms with Gasteiger partial charge in [0.15, 0.2) is 0 Å². The van der Waals surface area contributed by atoms with Crippen molar-refractivity contribution < 1.29 is 9.84 Å². The van der Waals surface area contributed by atoms with Gasteiger partial charge in [-0.2, -0.15) is 0 Å². The van der Waals surface area contributed by atoms with E-state index in [0.717, 1.165) is 63.5 Å². The molecule has 22 heavy (non-hydrogen) atoms. The lowest BCUT2D eigenvalue weighted by molar-refractivity contribution is 0.113. The van der Waals surface area contributed by atoms with Crippen LogP contribution in [0.5, 0.6) is 5.75 Å². The fraction of sp³-hybridized carbons (Fsp3) is 0.647. The van der Waals surface area contributed by atoms with Gasteiger partial charge in [0.1, 0.15) is 5.75 Å². The molecule has 5 heteroatoms. The van der Waals surface area contributed by atoms with Gasteiger partial charge in [0.2, 0.25) is 0 Å². The van der Waals surface area contributed by atoms with Crippen molar-refractivity contribution in [3.8, 4) is 5.75 Å². The second-order valence-corrected chi connectivity index (χ2v) is 5.88. The first kappa shape index (κ1) is 17.1. The molecule has 0 spiro atoms. The third-order valence-corrected chi connectivity index (χ3v) is 4.13. The van der Waals surface area contributed by atoms with Crippen LogP contribution in [-0.2, 0) is 6.42 Å². The quantitative estimate of drug-likeness (QED) is 0.707. The van der Waals surface area contributed by atoms with Crippen LogP contribution in [0.3, 0.4) is 0 Å². The Labute approximate surface area is 133 Å². The largest absolute Gasteiger partial charge is 0.491 e. The van der Waals surface area contributed by atoms with E-state index in [0.29, 0.717) is 6.61 Å². The van der Waals surface area contributed by atoms with Crippen LogP contribution in [0.4, 0.5) is 5.69 Å². The molecule has 2 rings (SSSR count). The molecule has 0 aromatic heterocycles. The fourth-order valence-electron chi connectivity index (χ4n) is 2.76. The Morgan fingerprint density at radius 2 is 1.82 bits per heavy atom. The lowest BCUT2D eigenvalue weighted by Gasteiger charge is -2.34. The molecule has 0 amide bonds. The van der Waals surface area contributed by atoms with Crippen LogP contribution in [0.25, 0.3) is 0 Å². The highest BCUT2D eigenvalue weighted by Crippen LogP contribution is 2.23. The summed E-state index contributed by atoms with van der Waals surface area (Å²) in [7, 11) is 0. The number of rotatable bonds is 8. The number of piperazine rings is 1. The second kappa shape index (κ2) is 8.98. The molecule has 124 valence electrons. The van der Waals surface area contributed by atoms with E-state index in [1.807, 2.05) is 12.1 Å². The lowest BCUT2D eigenvalue weighted by atomic mass is 10.1. The van der Waals surface area contributed by atoms with Gasteiger partial charge < -0.3 is 20.5 Å². The van der Waals surface area contributed by atoms with E-state index in [4.69, 9.17) is 15.6 Å². The second-order valence-electron chi connectivity index (χ2n) is 5.88. The van der Waals surface area contributed by atoms with Crippen molar-refractivity contribution in [2.75, 3.05) is 58.2 Å². The van der Waals surface area contributed by atoms with Gasteiger partial charge in [-0.3, -0.25) is 4.90 Å². The summed E-state index contributed by atoms with van der Waals surface area (Å²) in [6.45, 7) is 9.16. The van der Waals surface area contributed by atoms with Gasteiger partial charge >= 0.3 is 0 Å². The maximum absolute atomic E-state index is 8.96. The molecule has 1 fully saturated rings. The summed E-state index contributed by atoms with van der Waals surface area (Å²) in [5, 5.41) is 8.96. The third-order valence-electron chi connectivity index (χ3n) is 4.13. The Hall–Kier alpha value is -1.30. The molecule has 1 aliphatic rings. The number of hydrogen-bond acceptors (Lipinski definition) is 5. The maximum atomic E-state index is 8.96. The van der Waals surface area contributed by atoms with E-state index in [-0.39, 0.29) is 6.61 Å². The van der Waals surface area contributed by atoms with Crippen LogP contribution in [-0.4, -0.2) is 67.4 Å². The van der Waals surface area contributed by atoms with Crippen LogP contribution >= 0.6 is 0 Å². The first-order valence-electron chi connectivity index (χ1n) is 8.29. The number of aliphatic hydroxyl groups excluding tert-OH is 1. The molecular weight excluding hydrogens is 278 g/mol. The molecular formula is C17H29N3O2. The van der Waals surface area contributed by atoms with Crippen LogP contribution in [0.15, 0.2) is 18.2 Å². The molecule has 0 aliphatic carbocycles. The zero-order valence-corrected chi connectivity index (χ0v) is 13.6. The van der Waals surface area contributed by atoms with Gasteiger partial charge in [-0.15, -0.1) is 0 Å². The Morgan fingerprint density at radius 1 is 1.14 bits per heavy atom. The summed E-state index contributed by atoms with van der Waals surface area (Å²) < 4.78 is 5.61. The summed E-state index contributed by atoms with van der Waals surface area (Å²) in [4.78, 5) is 4.79. The fourth-order valence-corrected chi connectivity index (χ4v) is 2.76. The average molecular weight is 307 g/mol. The maximum Gasteiger partial charge on any atom is 0.142 e. The minimum atomic E-state index is 0.256. The predicted octanol–water partition coefficient (Wildman–Crippen LogP) is 1.21. The van der Waals surface area contributed by atoms with Gasteiger partial charge in [0, 0.05) is 39.3 Å². The van der Waals surface area contributed by atoms with E-state index in [2.05, 4.69) is 22.8 Å². The Balaban J connectivity index is 1.76. The van der Waals surface area contributed by atoms with Gasteiger partial charge in [0.25, 0.3) is 0 Å². The number of ether oxygens (including phenoxy) is 1. The highest BCUT2D eigenvalue weighted by Gasteiger charge is 2.15. The number of nitrogens with two attached hydrogens (primary N) is 1. The smallest absolute Gasteiger partial charge is 0.142 e. The number of hydrogen-bond donors (Lipinski definition) is 2. The van der Waals surface area contributed by atoms with E-state index >= 15 is 0 Å². The number of aliphatic hydroxyl groups is 1. The number of anilines is 1. The average Bonchev–Trinajstić information content (AvgIpc) is 2.54. The zero-order chi connectivity index (χ0) is 15.8. The van der Waals surface area contributed by atoms with Gasteiger partial charge in [0.05, 0.1) is 18.9 Å². The van der Waals surface area contributed by atoms with E-state index in [1.165, 1.54) is 5.56 Å². The standard InChI is InChI=1S/C17H29N3O2/c1-2-13-22-17-4-3-15(14-16(17)18)5-6-19-7-9-20(10-8-19)11-12-21/h3-4,14,21H,2,5-13,18H2,1H3. The molecule has 1 aliphatic heterocycles. The van der Waals surface area contributed by atoms with Crippen LogP contribution in [0, 0.1) is 0 Å². The Bertz CT molecular complexity index is 446. The molecule has 5 nitrogen and oxygen atoms in total. The number of β-amino-alcohol motifs (C(OH)–C–C–N with tert-alkyl or cyclic N) is 1. The molecule has 1 heterocycles. The number of benzene rings is 1. The molecule has 0 atom stereocenters. The highest BCUT2D eigenvalue weighted by molar-refractivity contribution is 5.54. The molecule has 1 saturated heterocycles. The predicted molar refractivity (Wildman–Crippen MR) is 90.3 cm³/mol. The first-order valence-corrected chi connectivity index (χ1v) is 8.29. The van der Waals surface area contributed by atoms with Crippen LogP contribution in [0.1, 0.15) is 18.9 Å². The van der Waals surface area contributed by atoms with Crippen molar-refractivity contribution in [3.63, 3.8) is 0 Å². The zero-order valence-electron chi connectivity index (χ0n) is 13.6. The van der Waals surface area contributed by atoms with E-state index in [9.17, 15) is 0 Å². The van der Waals surface area contributed by atoms with Crippen LogP contribution in [0.2, 0.25) is 0 Å². The van der Waals surface area contributed by atoms with Crippen LogP contribution < -0.4 is 10.5 Å². The lowest BCUT2D eigenvalue weighted by Crippen LogP contribution is -2.47.